The highest BCUT2D eigenvalue weighted by atomic mass is 16.3. The third-order valence-electron chi connectivity index (χ3n) is 4.45. The first-order valence-corrected chi connectivity index (χ1v) is 7.65. The Hall–Kier alpha value is -1.59. The summed E-state index contributed by atoms with van der Waals surface area (Å²) in [5.41, 5.74) is 1.31. The number of imidazole rings is 1. The monoisotopic (exact) mass is 288 g/mol. The molecule has 2 aromatic rings. The van der Waals surface area contributed by atoms with Crippen LogP contribution in [0.5, 0.6) is 0 Å². The Balaban J connectivity index is 1.65. The van der Waals surface area contributed by atoms with Gasteiger partial charge >= 0.3 is 0 Å². The fourth-order valence-corrected chi connectivity index (χ4v) is 3.39. The largest absolute Gasteiger partial charge is 0.468 e. The van der Waals surface area contributed by atoms with Crippen LogP contribution in [0.1, 0.15) is 30.3 Å². The summed E-state index contributed by atoms with van der Waals surface area (Å²) in [6, 6.07) is 4.39. The highest BCUT2D eigenvalue weighted by Crippen LogP contribution is 2.34. The number of likely N-dealkylation sites (tertiary alicyclic amines) is 1. The Morgan fingerprint density at radius 1 is 1.43 bits per heavy atom. The Morgan fingerprint density at radius 3 is 3.05 bits per heavy atom. The molecule has 3 rings (SSSR count). The summed E-state index contributed by atoms with van der Waals surface area (Å²) in [4.78, 5) is 6.75. The van der Waals surface area contributed by atoms with E-state index < -0.39 is 0 Å². The number of furan rings is 1. The fraction of sp³-hybridized carbons (Fsp3) is 0.562. The van der Waals surface area contributed by atoms with Crippen LogP contribution in [0.15, 0.2) is 35.3 Å². The van der Waals surface area contributed by atoms with E-state index in [2.05, 4.69) is 33.9 Å². The van der Waals surface area contributed by atoms with E-state index in [4.69, 9.17) is 4.42 Å². The average Bonchev–Trinajstić information content (AvgIpc) is 3.11. The molecule has 1 aliphatic rings. The van der Waals surface area contributed by atoms with E-state index >= 15 is 0 Å². The Bertz CT molecular complexity index is 548. The van der Waals surface area contributed by atoms with Crippen LogP contribution in [-0.4, -0.2) is 34.6 Å². The van der Waals surface area contributed by atoms with Gasteiger partial charge in [-0.3, -0.25) is 4.90 Å². The molecule has 1 saturated heterocycles. The summed E-state index contributed by atoms with van der Waals surface area (Å²) in [7, 11) is 4.30. The molecule has 0 radical (unpaired) electrons. The lowest BCUT2D eigenvalue weighted by atomic mass is 9.87. The van der Waals surface area contributed by atoms with Crippen LogP contribution in [0.4, 0.5) is 0 Å². The van der Waals surface area contributed by atoms with E-state index in [0.29, 0.717) is 12.0 Å². The van der Waals surface area contributed by atoms with Gasteiger partial charge < -0.3 is 14.3 Å². The number of hydrogen-bond donors (Lipinski definition) is 1. The Kier molecular flexibility index (Phi) is 4.41. The van der Waals surface area contributed by atoms with Gasteiger partial charge in [-0.05, 0) is 44.5 Å². The Labute approximate surface area is 126 Å². The van der Waals surface area contributed by atoms with Crippen LogP contribution in [0.3, 0.4) is 0 Å². The molecule has 114 valence electrons. The summed E-state index contributed by atoms with van der Waals surface area (Å²) in [5, 5.41) is 3.54. The molecule has 1 N–H and O–H groups in total. The summed E-state index contributed by atoms with van der Waals surface area (Å²) >= 11 is 0. The standard InChI is InChI=1S/C16H24N4O/c1-19-7-3-5-13(9-17-10-14-6-4-8-21-14)16(19)15-11-18-12-20(15)2/h4,6,8,11-13,16-17H,3,5,7,9-10H2,1-2H3/t13-,16+/m0/s1. The summed E-state index contributed by atoms with van der Waals surface area (Å²) in [5.74, 6) is 1.60. The van der Waals surface area contributed by atoms with Crippen molar-refractivity contribution in [1.29, 1.82) is 0 Å². The van der Waals surface area contributed by atoms with Crippen molar-refractivity contribution in [2.45, 2.75) is 25.4 Å². The number of piperidine rings is 1. The molecule has 0 spiro atoms. The lowest BCUT2D eigenvalue weighted by Gasteiger charge is -2.39. The van der Waals surface area contributed by atoms with Gasteiger partial charge in [0, 0.05) is 19.8 Å². The Morgan fingerprint density at radius 2 is 2.33 bits per heavy atom. The predicted molar refractivity (Wildman–Crippen MR) is 81.7 cm³/mol. The molecule has 0 saturated carbocycles. The molecule has 5 nitrogen and oxygen atoms in total. The predicted octanol–water partition coefficient (Wildman–Crippen LogP) is 2.19. The quantitative estimate of drug-likeness (QED) is 0.916. The molecule has 0 amide bonds. The zero-order valence-electron chi connectivity index (χ0n) is 12.8. The SMILES string of the molecule is CN1CCC[C@@H](CNCc2ccco2)[C@@H]1c1cncn1C. The van der Waals surface area contributed by atoms with Crippen LogP contribution >= 0.6 is 0 Å². The van der Waals surface area contributed by atoms with E-state index in [1.54, 1.807) is 6.26 Å². The first-order valence-electron chi connectivity index (χ1n) is 7.65. The van der Waals surface area contributed by atoms with Crippen molar-refractivity contribution in [1.82, 2.24) is 19.8 Å². The minimum absolute atomic E-state index is 0.440. The molecule has 21 heavy (non-hydrogen) atoms. The molecular formula is C16H24N4O. The number of nitrogens with one attached hydrogen (secondary N) is 1. The van der Waals surface area contributed by atoms with Gasteiger partial charge in [0.1, 0.15) is 5.76 Å². The number of aryl methyl sites for hydroxylation is 1. The van der Waals surface area contributed by atoms with Crippen molar-refractivity contribution in [3.63, 3.8) is 0 Å². The van der Waals surface area contributed by atoms with E-state index in [-0.39, 0.29) is 0 Å². The summed E-state index contributed by atoms with van der Waals surface area (Å²) in [6.45, 7) is 2.96. The van der Waals surface area contributed by atoms with Crippen LogP contribution in [-0.2, 0) is 13.6 Å². The molecule has 0 aromatic carbocycles. The van der Waals surface area contributed by atoms with Gasteiger partial charge in [-0.2, -0.15) is 0 Å². The number of aromatic nitrogens is 2. The smallest absolute Gasteiger partial charge is 0.117 e. The van der Waals surface area contributed by atoms with Gasteiger partial charge in [-0.15, -0.1) is 0 Å². The van der Waals surface area contributed by atoms with Gasteiger partial charge in [0.15, 0.2) is 0 Å². The second kappa shape index (κ2) is 6.45. The van der Waals surface area contributed by atoms with Crippen molar-refractivity contribution in [2.24, 2.45) is 13.0 Å². The molecule has 0 unspecified atom stereocenters. The van der Waals surface area contributed by atoms with Gasteiger partial charge in [0.2, 0.25) is 0 Å². The fourth-order valence-electron chi connectivity index (χ4n) is 3.39. The second-order valence-electron chi connectivity index (χ2n) is 5.97. The van der Waals surface area contributed by atoms with Crippen molar-refractivity contribution < 1.29 is 4.42 Å². The maximum Gasteiger partial charge on any atom is 0.117 e. The van der Waals surface area contributed by atoms with Crippen molar-refractivity contribution >= 4 is 0 Å². The zero-order chi connectivity index (χ0) is 14.7. The normalized spacial score (nSPS) is 23.5. The van der Waals surface area contributed by atoms with Gasteiger partial charge in [-0.25, -0.2) is 4.98 Å². The van der Waals surface area contributed by atoms with E-state index in [9.17, 15) is 0 Å². The highest BCUT2D eigenvalue weighted by molar-refractivity contribution is 5.08. The number of nitrogens with zero attached hydrogens (tertiary/aromatic N) is 3. The van der Waals surface area contributed by atoms with Gasteiger partial charge in [-0.1, -0.05) is 0 Å². The molecule has 0 aliphatic carbocycles. The highest BCUT2D eigenvalue weighted by Gasteiger charge is 2.31. The van der Waals surface area contributed by atoms with Crippen molar-refractivity contribution in [3.8, 4) is 0 Å². The second-order valence-corrected chi connectivity index (χ2v) is 5.97. The molecule has 2 atom stereocenters. The molecule has 3 heterocycles. The maximum absolute atomic E-state index is 5.38. The van der Waals surface area contributed by atoms with Crippen molar-refractivity contribution in [2.75, 3.05) is 20.1 Å². The average molecular weight is 288 g/mol. The van der Waals surface area contributed by atoms with E-state index in [0.717, 1.165) is 25.4 Å². The molecular weight excluding hydrogens is 264 g/mol. The number of rotatable bonds is 5. The van der Waals surface area contributed by atoms with Crippen LogP contribution in [0, 0.1) is 5.92 Å². The van der Waals surface area contributed by atoms with E-state index in [1.807, 2.05) is 24.7 Å². The molecule has 5 heteroatoms. The minimum Gasteiger partial charge on any atom is -0.468 e. The maximum atomic E-state index is 5.38. The zero-order valence-corrected chi connectivity index (χ0v) is 12.8. The van der Waals surface area contributed by atoms with Gasteiger partial charge in [0.05, 0.1) is 30.9 Å². The first-order chi connectivity index (χ1) is 10.3. The molecule has 2 aromatic heterocycles. The topological polar surface area (TPSA) is 46.2 Å². The van der Waals surface area contributed by atoms with Crippen LogP contribution < -0.4 is 5.32 Å². The van der Waals surface area contributed by atoms with Crippen LogP contribution in [0.2, 0.25) is 0 Å². The first kappa shape index (κ1) is 14.4. The van der Waals surface area contributed by atoms with E-state index in [1.165, 1.54) is 18.5 Å². The lowest BCUT2D eigenvalue weighted by Crippen LogP contribution is -2.41. The third-order valence-corrected chi connectivity index (χ3v) is 4.45. The third kappa shape index (κ3) is 3.19. The molecule has 0 bridgehead atoms. The van der Waals surface area contributed by atoms with Crippen LogP contribution in [0.25, 0.3) is 0 Å². The van der Waals surface area contributed by atoms with Gasteiger partial charge in [0.25, 0.3) is 0 Å². The summed E-state index contributed by atoms with van der Waals surface area (Å²) in [6.07, 6.45) is 8.14. The lowest BCUT2D eigenvalue weighted by molar-refractivity contribution is 0.113. The number of hydrogen-bond acceptors (Lipinski definition) is 4. The van der Waals surface area contributed by atoms with Crippen molar-refractivity contribution in [3.05, 3.63) is 42.4 Å². The minimum atomic E-state index is 0.440. The molecule has 1 fully saturated rings. The molecule has 1 aliphatic heterocycles. The summed E-state index contributed by atoms with van der Waals surface area (Å²) < 4.78 is 7.52.